The first kappa shape index (κ1) is 12.6. The molecule has 92 valence electrons. The Morgan fingerprint density at radius 2 is 1.78 bits per heavy atom. The van der Waals surface area contributed by atoms with Gasteiger partial charge in [-0.15, -0.1) is 0 Å². The molecule has 0 aliphatic carbocycles. The van der Waals surface area contributed by atoms with Gasteiger partial charge in [0.1, 0.15) is 12.4 Å². The van der Waals surface area contributed by atoms with E-state index in [0.717, 1.165) is 0 Å². The summed E-state index contributed by atoms with van der Waals surface area (Å²) in [4.78, 5) is 11.7. The molecule has 0 saturated heterocycles. The summed E-state index contributed by atoms with van der Waals surface area (Å²) in [5, 5.41) is 0.542. The van der Waals surface area contributed by atoms with Crippen molar-refractivity contribution in [2.24, 2.45) is 0 Å². The zero-order valence-corrected chi connectivity index (χ0v) is 10.2. The second-order valence-corrected chi connectivity index (χ2v) is 4.11. The molecule has 0 spiro atoms. The van der Waals surface area contributed by atoms with Crippen molar-refractivity contribution in [3.63, 3.8) is 0 Å². The molecule has 0 N–H and O–H groups in total. The molecule has 0 radical (unpaired) electrons. The van der Waals surface area contributed by atoms with Crippen LogP contribution < -0.4 is 0 Å². The zero-order valence-electron chi connectivity index (χ0n) is 9.40. The van der Waals surface area contributed by atoms with Crippen LogP contribution in [0.4, 0.5) is 4.39 Å². The Kier molecular flexibility index (Phi) is 3.95. The normalized spacial score (nSPS) is 10.1. The SMILES string of the molecule is O=C(OCc1ccccc1F)c1ccc(Cl)cc1. The number of benzene rings is 2. The number of hydrogen-bond donors (Lipinski definition) is 0. The van der Waals surface area contributed by atoms with Crippen LogP contribution in [0.1, 0.15) is 15.9 Å². The number of hydrogen-bond acceptors (Lipinski definition) is 2. The third-order valence-corrected chi connectivity index (χ3v) is 2.65. The molecule has 0 unspecified atom stereocenters. The highest BCUT2D eigenvalue weighted by molar-refractivity contribution is 6.30. The fraction of sp³-hybridized carbons (Fsp3) is 0.0714. The van der Waals surface area contributed by atoms with Crippen molar-refractivity contribution in [2.75, 3.05) is 0 Å². The molecule has 0 saturated carbocycles. The highest BCUT2D eigenvalue weighted by Crippen LogP contribution is 2.12. The van der Waals surface area contributed by atoms with Crippen LogP contribution in [0.3, 0.4) is 0 Å². The lowest BCUT2D eigenvalue weighted by Crippen LogP contribution is -2.05. The van der Waals surface area contributed by atoms with Crippen LogP contribution in [-0.4, -0.2) is 5.97 Å². The third-order valence-electron chi connectivity index (χ3n) is 2.40. The summed E-state index contributed by atoms with van der Waals surface area (Å²) in [5.74, 6) is -0.892. The summed E-state index contributed by atoms with van der Waals surface area (Å²) < 4.78 is 18.3. The number of esters is 1. The van der Waals surface area contributed by atoms with Gasteiger partial charge in [0.05, 0.1) is 5.56 Å². The van der Waals surface area contributed by atoms with Crippen LogP contribution in [0.25, 0.3) is 0 Å². The lowest BCUT2D eigenvalue weighted by molar-refractivity contribution is 0.0469. The largest absolute Gasteiger partial charge is 0.457 e. The standard InChI is InChI=1S/C14H10ClFO2/c15-12-7-5-10(6-8-12)14(17)18-9-11-3-1-2-4-13(11)16/h1-8H,9H2. The lowest BCUT2D eigenvalue weighted by atomic mass is 10.2. The van der Waals surface area contributed by atoms with E-state index in [1.807, 2.05) is 0 Å². The van der Waals surface area contributed by atoms with Gasteiger partial charge in [0.25, 0.3) is 0 Å². The van der Waals surface area contributed by atoms with E-state index in [9.17, 15) is 9.18 Å². The summed E-state index contributed by atoms with van der Waals surface area (Å²) in [6.07, 6.45) is 0. The van der Waals surface area contributed by atoms with Crippen molar-refractivity contribution in [2.45, 2.75) is 6.61 Å². The fourth-order valence-electron chi connectivity index (χ4n) is 1.43. The molecule has 0 aliphatic rings. The molecule has 0 heterocycles. The Morgan fingerprint density at radius 3 is 2.44 bits per heavy atom. The summed E-state index contributed by atoms with van der Waals surface area (Å²) >= 11 is 5.71. The molecule has 0 fully saturated rings. The van der Waals surface area contributed by atoms with Gasteiger partial charge in [0, 0.05) is 10.6 Å². The van der Waals surface area contributed by atoms with E-state index in [2.05, 4.69) is 0 Å². The second-order valence-electron chi connectivity index (χ2n) is 3.67. The molecule has 0 aromatic heterocycles. The number of carbonyl (C=O) groups is 1. The maximum Gasteiger partial charge on any atom is 0.338 e. The second kappa shape index (κ2) is 5.65. The van der Waals surface area contributed by atoms with Crippen LogP contribution in [0.5, 0.6) is 0 Å². The van der Waals surface area contributed by atoms with Gasteiger partial charge in [-0.25, -0.2) is 9.18 Å². The Hall–Kier alpha value is -1.87. The van der Waals surface area contributed by atoms with Crippen LogP contribution >= 0.6 is 11.6 Å². The first-order valence-corrected chi connectivity index (χ1v) is 5.71. The predicted octanol–water partition coefficient (Wildman–Crippen LogP) is 3.84. The van der Waals surface area contributed by atoms with E-state index in [4.69, 9.17) is 16.3 Å². The number of halogens is 2. The van der Waals surface area contributed by atoms with Gasteiger partial charge in [0.15, 0.2) is 0 Å². The highest BCUT2D eigenvalue weighted by atomic mass is 35.5. The Bertz CT molecular complexity index is 552. The average Bonchev–Trinajstić information content (AvgIpc) is 2.38. The molecule has 0 bridgehead atoms. The maximum atomic E-state index is 13.3. The monoisotopic (exact) mass is 264 g/mol. The lowest BCUT2D eigenvalue weighted by Gasteiger charge is -2.05. The van der Waals surface area contributed by atoms with Gasteiger partial charge in [-0.2, -0.15) is 0 Å². The Morgan fingerprint density at radius 1 is 1.11 bits per heavy atom. The Labute approximate surface area is 109 Å². The first-order valence-electron chi connectivity index (χ1n) is 5.33. The zero-order chi connectivity index (χ0) is 13.0. The van der Waals surface area contributed by atoms with Crippen molar-refractivity contribution in [1.82, 2.24) is 0 Å². The van der Waals surface area contributed by atoms with E-state index in [1.54, 1.807) is 42.5 Å². The highest BCUT2D eigenvalue weighted by Gasteiger charge is 2.08. The van der Waals surface area contributed by atoms with E-state index >= 15 is 0 Å². The van der Waals surface area contributed by atoms with Crippen LogP contribution in [0.2, 0.25) is 5.02 Å². The maximum absolute atomic E-state index is 13.3. The van der Waals surface area contributed by atoms with Crippen LogP contribution in [0.15, 0.2) is 48.5 Å². The minimum Gasteiger partial charge on any atom is -0.457 e. The summed E-state index contributed by atoms with van der Waals surface area (Å²) in [6.45, 7) is -0.0892. The van der Waals surface area contributed by atoms with Crippen molar-refractivity contribution in [3.05, 3.63) is 70.5 Å². The molecule has 0 atom stereocenters. The number of rotatable bonds is 3. The first-order chi connectivity index (χ1) is 8.66. The molecule has 2 aromatic carbocycles. The molecule has 0 aliphatic heterocycles. The van der Waals surface area contributed by atoms with E-state index in [0.29, 0.717) is 16.1 Å². The fourth-order valence-corrected chi connectivity index (χ4v) is 1.55. The quantitative estimate of drug-likeness (QED) is 0.788. The van der Waals surface area contributed by atoms with Gasteiger partial charge in [-0.1, -0.05) is 29.8 Å². The number of carbonyl (C=O) groups excluding carboxylic acids is 1. The summed E-state index contributed by atoms with van der Waals surface area (Å²) in [5.41, 5.74) is 0.732. The molecule has 2 aromatic rings. The van der Waals surface area contributed by atoms with Gasteiger partial charge in [-0.3, -0.25) is 0 Å². The molecule has 2 nitrogen and oxygen atoms in total. The third kappa shape index (κ3) is 3.08. The molecule has 2 rings (SSSR count). The van der Waals surface area contributed by atoms with Gasteiger partial charge in [-0.05, 0) is 30.3 Å². The minimum atomic E-state index is -0.505. The van der Waals surface area contributed by atoms with Crippen molar-refractivity contribution >= 4 is 17.6 Å². The molecular formula is C14H10ClFO2. The smallest absolute Gasteiger partial charge is 0.338 e. The molecular weight excluding hydrogens is 255 g/mol. The predicted molar refractivity (Wildman–Crippen MR) is 67.0 cm³/mol. The van der Waals surface area contributed by atoms with Crippen molar-refractivity contribution in [3.8, 4) is 0 Å². The molecule has 18 heavy (non-hydrogen) atoms. The van der Waals surface area contributed by atoms with Crippen LogP contribution in [0, 0.1) is 5.82 Å². The number of ether oxygens (including phenoxy) is 1. The van der Waals surface area contributed by atoms with Gasteiger partial charge >= 0.3 is 5.97 Å². The van der Waals surface area contributed by atoms with Gasteiger partial charge < -0.3 is 4.74 Å². The van der Waals surface area contributed by atoms with E-state index < -0.39 is 5.97 Å². The van der Waals surface area contributed by atoms with E-state index in [-0.39, 0.29) is 12.4 Å². The molecule has 0 amide bonds. The van der Waals surface area contributed by atoms with Crippen molar-refractivity contribution in [1.29, 1.82) is 0 Å². The average molecular weight is 265 g/mol. The molecule has 4 heteroatoms. The van der Waals surface area contributed by atoms with Crippen molar-refractivity contribution < 1.29 is 13.9 Å². The summed E-state index contributed by atoms with van der Waals surface area (Å²) in [6, 6.07) is 12.5. The van der Waals surface area contributed by atoms with Gasteiger partial charge in [0.2, 0.25) is 0 Å². The van der Waals surface area contributed by atoms with E-state index in [1.165, 1.54) is 6.07 Å². The Balaban J connectivity index is 2.01. The summed E-state index contributed by atoms with van der Waals surface area (Å²) in [7, 11) is 0. The topological polar surface area (TPSA) is 26.3 Å². The minimum absolute atomic E-state index is 0.0892. The van der Waals surface area contributed by atoms with Crippen LogP contribution in [-0.2, 0) is 11.3 Å².